The van der Waals surface area contributed by atoms with Crippen LogP contribution in [0.3, 0.4) is 0 Å². The van der Waals surface area contributed by atoms with Gasteiger partial charge in [0.2, 0.25) is 0 Å². The summed E-state index contributed by atoms with van der Waals surface area (Å²) in [6.45, 7) is 0.441. The summed E-state index contributed by atoms with van der Waals surface area (Å²) in [4.78, 5) is 24.4. The Labute approximate surface area is 123 Å². The highest BCUT2D eigenvalue weighted by molar-refractivity contribution is 9.10. The fraction of sp³-hybridized carbons (Fsp3) is 0.333. The summed E-state index contributed by atoms with van der Waals surface area (Å²) in [5.74, 6) is -0.977. The minimum atomic E-state index is -0.977. The molecule has 1 aliphatic heterocycles. The average Bonchev–Trinajstić information content (AvgIpc) is 2.82. The van der Waals surface area contributed by atoms with Crippen molar-refractivity contribution < 1.29 is 14.7 Å². The Kier molecular flexibility index (Phi) is 4.31. The molecule has 1 fully saturated rings. The number of urea groups is 1. The number of hydrogen-bond acceptors (Lipinski definition) is 2. The van der Waals surface area contributed by atoms with Crippen molar-refractivity contribution in [1.29, 1.82) is 0 Å². The van der Waals surface area contributed by atoms with Crippen LogP contribution in [-0.2, 0) is 4.79 Å². The molecule has 19 heavy (non-hydrogen) atoms. The zero-order valence-corrected chi connectivity index (χ0v) is 12.2. The standard InChI is InChI=1S/C12H12BrClN2O3/c13-7-3-4-9(8(14)6-7)15-12(19)16-5-1-2-10(16)11(17)18/h3-4,6,10H,1-2,5H2,(H,15,19)(H,17,18). The van der Waals surface area contributed by atoms with Gasteiger partial charge in [-0.05, 0) is 31.0 Å². The molecule has 1 atom stereocenters. The Morgan fingerprint density at radius 1 is 1.47 bits per heavy atom. The molecule has 1 unspecified atom stereocenters. The predicted molar refractivity (Wildman–Crippen MR) is 75.5 cm³/mol. The minimum absolute atomic E-state index is 0.397. The van der Waals surface area contributed by atoms with Gasteiger partial charge in [-0.1, -0.05) is 27.5 Å². The first kappa shape index (κ1) is 14.1. The molecule has 0 radical (unpaired) electrons. The molecule has 1 aromatic rings. The van der Waals surface area contributed by atoms with Crippen LogP contribution < -0.4 is 5.32 Å². The Hall–Kier alpha value is -1.27. The molecule has 2 amide bonds. The van der Waals surface area contributed by atoms with Gasteiger partial charge in [-0.15, -0.1) is 0 Å². The first-order chi connectivity index (χ1) is 8.99. The second-order valence-electron chi connectivity index (χ2n) is 4.24. The highest BCUT2D eigenvalue weighted by Gasteiger charge is 2.34. The molecule has 0 spiro atoms. The van der Waals surface area contributed by atoms with E-state index in [1.807, 2.05) is 0 Å². The SMILES string of the molecule is O=C(O)C1CCCN1C(=O)Nc1ccc(Br)cc1Cl. The van der Waals surface area contributed by atoms with E-state index in [9.17, 15) is 9.59 Å². The Morgan fingerprint density at radius 2 is 2.21 bits per heavy atom. The highest BCUT2D eigenvalue weighted by Crippen LogP contribution is 2.27. The van der Waals surface area contributed by atoms with Crippen molar-refractivity contribution in [2.45, 2.75) is 18.9 Å². The van der Waals surface area contributed by atoms with Crippen LogP contribution in [0.2, 0.25) is 5.02 Å². The molecule has 1 aliphatic rings. The van der Waals surface area contributed by atoms with Crippen LogP contribution in [0, 0.1) is 0 Å². The maximum Gasteiger partial charge on any atom is 0.326 e. The number of aliphatic carboxylic acids is 1. The predicted octanol–water partition coefficient (Wildman–Crippen LogP) is 3.18. The number of carbonyl (C=O) groups excluding carboxylic acids is 1. The molecule has 5 nitrogen and oxygen atoms in total. The zero-order valence-electron chi connectivity index (χ0n) is 9.90. The van der Waals surface area contributed by atoms with E-state index in [-0.39, 0.29) is 0 Å². The van der Waals surface area contributed by atoms with Crippen LogP contribution in [0.5, 0.6) is 0 Å². The Balaban J connectivity index is 2.10. The van der Waals surface area contributed by atoms with E-state index in [4.69, 9.17) is 16.7 Å². The third-order valence-corrected chi connectivity index (χ3v) is 3.78. The summed E-state index contributed by atoms with van der Waals surface area (Å²) in [5, 5.41) is 12.1. The lowest BCUT2D eigenvalue weighted by Gasteiger charge is -2.22. The van der Waals surface area contributed by atoms with Gasteiger partial charge < -0.3 is 15.3 Å². The largest absolute Gasteiger partial charge is 0.480 e. The number of nitrogens with zero attached hydrogens (tertiary/aromatic N) is 1. The van der Waals surface area contributed by atoms with Crippen molar-refractivity contribution in [3.63, 3.8) is 0 Å². The number of hydrogen-bond donors (Lipinski definition) is 2. The topological polar surface area (TPSA) is 69.6 Å². The number of anilines is 1. The number of nitrogens with one attached hydrogen (secondary N) is 1. The second-order valence-corrected chi connectivity index (χ2v) is 5.57. The number of carbonyl (C=O) groups is 2. The molecule has 102 valence electrons. The molecule has 1 aromatic carbocycles. The quantitative estimate of drug-likeness (QED) is 0.863. The van der Waals surface area contributed by atoms with Crippen LogP contribution in [0.25, 0.3) is 0 Å². The molecule has 0 aromatic heterocycles. The summed E-state index contributed by atoms with van der Waals surface area (Å²) < 4.78 is 0.806. The summed E-state index contributed by atoms with van der Waals surface area (Å²) in [7, 11) is 0. The molecule has 2 N–H and O–H groups in total. The zero-order chi connectivity index (χ0) is 14.0. The lowest BCUT2D eigenvalue weighted by molar-refractivity contribution is -0.141. The molecular formula is C12H12BrClN2O3. The van der Waals surface area contributed by atoms with Crippen molar-refractivity contribution in [3.05, 3.63) is 27.7 Å². The van der Waals surface area contributed by atoms with E-state index in [1.54, 1.807) is 18.2 Å². The monoisotopic (exact) mass is 346 g/mol. The average molecular weight is 348 g/mol. The van der Waals surface area contributed by atoms with Crippen LogP contribution in [0.1, 0.15) is 12.8 Å². The molecule has 0 bridgehead atoms. The fourth-order valence-corrected chi connectivity index (χ4v) is 2.77. The third kappa shape index (κ3) is 3.19. The van der Waals surface area contributed by atoms with Gasteiger partial charge in [0.1, 0.15) is 6.04 Å². The van der Waals surface area contributed by atoms with E-state index in [0.717, 1.165) is 4.47 Å². The molecule has 1 saturated heterocycles. The summed E-state index contributed by atoms with van der Waals surface area (Å²) in [6.07, 6.45) is 1.18. The van der Waals surface area contributed by atoms with Crippen LogP contribution in [-0.4, -0.2) is 34.6 Å². The molecular weight excluding hydrogens is 336 g/mol. The number of halogens is 2. The second kappa shape index (κ2) is 5.79. The molecule has 0 aliphatic carbocycles. The van der Waals surface area contributed by atoms with Crippen LogP contribution in [0.4, 0.5) is 10.5 Å². The van der Waals surface area contributed by atoms with Gasteiger partial charge in [0.05, 0.1) is 10.7 Å². The van der Waals surface area contributed by atoms with Crippen molar-refractivity contribution in [2.75, 3.05) is 11.9 Å². The summed E-state index contributed by atoms with van der Waals surface area (Å²) in [6, 6.07) is 3.88. The van der Waals surface area contributed by atoms with Crippen molar-refractivity contribution in [3.8, 4) is 0 Å². The Bertz CT molecular complexity index is 524. The van der Waals surface area contributed by atoms with Crippen molar-refractivity contribution >= 4 is 45.2 Å². The van der Waals surface area contributed by atoms with E-state index < -0.39 is 18.0 Å². The van der Waals surface area contributed by atoms with Crippen molar-refractivity contribution in [1.82, 2.24) is 4.90 Å². The van der Waals surface area contributed by atoms with Gasteiger partial charge in [0, 0.05) is 11.0 Å². The molecule has 0 saturated carbocycles. The number of carboxylic acids is 1. The highest BCUT2D eigenvalue weighted by atomic mass is 79.9. The lowest BCUT2D eigenvalue weighted by atomic mass is 10.2. The number of likely N-dealkylation sites (tertiary alicyclic amines) is 1. The van der Waals surface area contributed by atoms with Crippen molar-refractivity contribution in [2.24, 2.45) is 0 Å². The van der Waals surface area contributed by atoms with Crippen LogP contribution in [0.15, 0.2) is 22.7 Å². The molecule has 7 heteroatoms. The smallest absolute Gasteiger partial charge is 0.326 e. The molecule has 2 rings (SSSR count). The maximum absolute atomic E-state index is 12.0. The Morgan fingerprint density at radius 3 is 2.84 bits per heavy atom. The first-order valence-corrected chi connectivity index (χ1v) is 6.91. The minimum Gasteiger partial charge on any atom is -0.480 e. The summed E-state index contributed by atoms with van der Waals surface area (Å²) in [5.41, 5.74) is 0.464. The van der Waals surface area contributed by atoms with E-state index in [2.05, 4.69) is 21.2 Å². The third-order valence-electron chi connectivity index (χ3n) is 2.97. The van der Waals surface area contributed by atoms with E-state index >= 15 is 0 Å². The number of rotatable bonds is 2. The van der Waals surface area contributed by atoms with Gasteiger partial charge in [0.15, 0.2) is 0 Å². The normalized spacial score (nSPS) is 18.4. The first-order valence-electron chi connectivity index (χ1n) is 5.74. The lowest BCUT2D eigenvalue weighted by Crippen LogP contribution is -2.42. The van der Waals surface area contributed by atoms with Gasteiger partial charge in [-0.3, -0.25) is 0 Å². The van der Waals surface area contributed by atoms with Gasteiger partial charge in [-0.2, -0.15) is 0 Å². The van der Waals surface area contributed by atoms with E-state index in [0.29, 0.717) is 30.1 Å². The van der Waals surface area contributed by atoms with Gasteiger partial charge in [-0.25, -0.2) is 9.59 Å². The maximum atomic E-state index is 12.0. The number of benzene rings is 1. The number of amides is 2. The van der Waals surface area contributed by atoms with Gasteiger partial charge in [0.25, 0.3) is 0 Å². The fourth-order valence-electron chi connectivity index (χ4n) is 2.04. The van der Waals surface area contributed by atoms with Crippen LogP contribution >= 0.6 is 27.5 Å². The van der Waals surface area contributed by atoms with E-state index in [1.165, 1.54) is 4.90 Å². The van der Waals surface area contributed by atoms with Gasteiger partial charge >= 0.3 is 12.0 Å². The molecule has 1 heterocycles. The number of carboxylic acid groups (broad SMARTS) is 1. The summed E-state index contributed by atoms with van der Waals surface area (Å²) >= 11 is 9.27.